The number of methoxy groups -OCH3 is 2. The minimum absolute atomic E-state index is 0.676. The topological polar surface area (TPSA) is 50.7 Å². The second kappa shape index (κ2) is 9.88. The summed E-state index contributed by atoms with van der Waals surface area (Å²) in [6.45, 7) is 3.32. The number of halogens is 2. The maximum Gasteiger partial charge on any atom is 0.119 e. The molecule has 1 saturated heterocycles. The van der Waals surface area contributed by atoms with Gasteiger partial charge in [-0.1, -0.05) is 23.2 Å². The van der Waals surface area contributed by atoms with Crippen molar-refractivity contribution in [2.45, 2.75) is 0 Å². The number of rotatable bonds is 4. The van der Waals surface area contributed by atoms with E-state index in [1.54, 1.807) is 14.2 Å². The lowest BCUT2D eigenvalue weighted by molar-refractivity contribution is 0.415. The Hall–Kier alpha value is -4.00. The molecule has 0 spiro atoms. The number of anilines is 2. The molecule has 200 valence electrons. The van der Waals surface area contributed by atoms with Crippen LogP contribution in [0.25, 0.3) is 43.6 Å². The molecule has 6 aromatic rings. The fourth-order valence-corrected chi connectivity index (χ4v) is 6.17. The highest BCUT2D eigenvalue weighted by atomic mass is 35.5. The summed E-state index contributed by atoms with van der Waals surface area (Å²) in [6.07, 6.45) is 0. The van der Waals surface area contributed by atoms with Gasteiger partial charge in [-0.05, 0) is 72.8 Å². The van der Waals surface area contributed by atoms with Gasteiger partial charge in [0, 0.05) is 57.8 Å². The molecule has 0 unspecified atom stereocenters. The number of nitrogens with zero attached hydrogens (tertiary/aromatic N) is 4. The highest BCUT2D eigenvalue weighted by Crippen LogP contribution is 2.40. The fourth-order valence-electron chi connectivity index (χ4n) is 5.84. The smallest absolute Gasteiger partial charge is 0.119 e. The zero-order valence-corrected chi connectivity index (χ0v) is 23.6. The van der Waals surface area contributed by atoms with Crippen molar-refractivity contribution in [1.29, 1.82) is 0 Å². The van der Waals surface area contributed by atoms with Crippen molar-refractivity contribution < 1.29 is 9.47 Å². The number of ether oxygens (including phenoxy) is 2. The van der Waals surface area contributed by atoms with E-state index in [0.717, 1.165) is 92.7 Å². The minimum Gasteiger partial charge on any atom is -0.497 e. The van der Waals surface area contributed by atoms with Crippen LogP contribution in [0.2, 0.25) is 10.0 Å². The lowest BCUT2D eigenvalue weighted by Crippen LogP contribution is -2.46. The van der Waals surface area contributed by atoms with Gasteiger partial charge in [-0.2, -0.15) is 0 Å². The lowest BCUT2D eigenvalue weighted by Gasteiger charge is -2.39. The highest BCUT2D eigenvalue weighted by Gasteiger charge is 2.25. The number of fused-ring (bicyclic) bond motifs is 4. The van der Waals surface area contributed by atoms with Gasteiger partial charge in [0.15, 0.2) is 0 Å². The number of pyridine rings is 2. The second-order valence-electron chi connectivity index (χ2n) is 9.98. The molecular formula is C32H26Cl2N4O2. The number of hydrogen-bond donors (Lipinski definition) is 0. The first-order valence-corrected chi connectivity index (χ1v) is 13.9. The van der Waals surface area contributed by atoms with Gasteiger partial charge < -0.3 is 19.3 Å². The summed E-state index contributed by atoms with van der Waals surface area (Å²) in [4.78, 5) is 14.7. The minimum atomic E-state index is 0.676. The summed E-state index contributed by atoms with van der Waals surface area (Å²) in [5.74, 6) is 1.62. The average Bonchev–Trinajstić information content (AvgIpc) is 2.98. The van der Waals surface area contributed by atoms with Crippen LogP contribution in [0.1, 0.15) is 0 Å². The van der Waals surface area contributed by atoms with E-state index in [1.807, 2.05) is 48.5 Å². The standard InChI is InChI=1S/C32H26Cl2N4O2/c1-39-21-5-9-27-25(17-21)31(23-7-3-19(33)15-29(23)35-27)37-11-13-38(14-12-37)32-24-8-4-20(34)16-30(24)36-28-10-6-22(40-2)18-26(28)32/h3-10,15-18H,11-14H2,1-2H3. The molecule has 0 atom stereocenters. The van der Waals surface area contributed by atoms with Gasteiger partial charge in [0.25, 0.3) is 0 Å². The zero-order valence-electron chi connectivity index (χ0n) is 22.1. The van der Waals surface area contributed by atoms with Gasteiger partial charge in [-0.3, -0.25) is 0 Å². The summed E-state index contributed by atoms with van der Waals surface area (Å²) < 4.78 is 11.2. The summed E-state index contributed by atoms with van der Waals surface area (Å²) in [6, 6.07) is 24.0. The van der Waals surface area contributed by atoms with Crippen LogP contribution in [0, 0.1) is 0 Å². The first-order valence-electron chi connectivity index (χ1n) is 13.2. The normalized spacial score (nSPS) is 14.0. The third-order valence-electron chi connectivity index (χ3n) is 7.74. The van der Waals surface area contributed by atoms with Gasteiger partial charge in [-0.15, -0.1) is 0 Å². The van der Waals surface area contributed by atoms with Crippen molar-refractivity contribution in [2.75, 3.05) is 50.2 Å². The maximum atomic E-state index is 6.37. The number of piperazine rings is 1. The highest BCUT2D eigenvalue weighted by molar-refractivity contribution is 6.32. The number of benzene rings is 4. The Morgan fingerprint density at radius 2 is 0.950 bits per heavy atom. The van der Waals surface area contributed by atoms with Crippen LogP contribution < -0.4 is 19.3 Å². The molecule has 1 aliphatic heterocycles. The number of aromatic nitrogens is 2. The molecule has 0 N–H and O–H groups in total. The monoisotopic (exact) mass is 568 g/mol. The van der Waals surface area contributed by atoms with Crippen LogP contribution in [0.4, 0.5) is 11.4 Å². The predicted octanol–water partition coefficient (Wildman–Crippen LogP) is 7.74. The van der Waals surface area contributed by atoms with Gasteiger partial charge in [0.1, 0.15) is 11.5 Å². The van der Waals surface area contributed by atoms with Crippen molar-refractivity contribution in [1.82, 2.24) is 9.97 Å². The number of hydrogen-bond acceptors (Lipinski definition) is 6. The zero-order chi connectivity index (χ0) is 27.4. The first kappa shape index (κ1) is 25.0. The Labute approximate surface area is 241 Å². The van der Waals surface area contributed by atoms with Crippen LogP contribution in [0.5, 0.6) is 11.5 Å². The first-order chi connectivity index (χ1) is 19.5. The van der Waals surface area contributed by atoms with Crippen molar-refractivity contribution in [3.8, 4) is 11.5 Å². The molecule has 7 rings (SSSR count). The van der Waals surface area contributed by atoms with Gasteiger partial charge in [0.2, 0.25) is 0 Å². The van der Waals surface area contributed by atoms with Crippen LogP contribution in [-0.2, 0) is 0 Å². The van der Waals surface area contributed by atoms with E-state index in [-0.39, 0.29) is 0 Å². The molecule has 1 aliphatic rings. The Balaban J connectivity index is 1.33. The van der Waals surface area contributed by atoms with E-state index < -0.39 is 0 Å². The van der Waals surface area contributed by atoms with E-state index in [2.05, 4.69) is 34.1 Å². The maximum absolute atomic E-state index is 6.37. The molecule has 0 amide bonds. The quantitative estimate of drug-likeness (QED) is 0.203. The second-order valence-corrected chi connectivity index (χ2v) is 10.9. The molecule has 0 aliphatic carbocycles. The molecule has 6 nitrogen and oxygen atoms in total. The van der Waals surface area contributed by atoms with Crippen molar-refractivity contribution in [2.24, 2.45) is 0 Å². The largest absolute Gasteiger partial charge is 0.497 e. The molecule has 1 fully saturated rings. The van der Waals surface area contributed by atoms with E-state index in [1.165, 1.54) is 0 Å². The van der Waals surface area contributed by atoms with E-state index in [4.69, 9.17) is 42.6 Å². The van der Waals surface area contributed by atoms with Crippen molar-refractivity contribution >= 4 is 78.2 Å². The molecule has 0 radical (unpaired) electrons. The predicted molar refractivity (Wildman–Crippen MR) is 166 cm³/mol. The van der Waals surface area contributed by atoms with Crippen molar-refractivity contribution in [3.63, 3.8) is 0 Å². The summed E-state index contributed by atoms with van der Waals surface area (Å²) in [7, 11) is 3.39. The SMILES string of the molecule is COc1ccc2nc3cc(Cl)ccc3c(N3CCN(c4c5ccc(Cl)cc5nc5ccc(OC)cc45)CC3)c2c1. The molecule has 2 aromatic heterocycles. The lowest BCUT2D eigenvalue weighted by atomic mass is 10.0. The molecule has 4 aromatic carbocycles. The van der Waals surface area contributed by atoms with Crippen LogP contribution in [-0.4, -0.2) is 50.4 Å². The molecule has 0 saturated carbocycles. The molecule has 0 bridgehead atoms. The van der Waals surface area contributed by atoms with Crippen LogP contribution in [0.15, 0.2) is 72.8 Å². The fraction of sp³-hybridized carbons (Fsp3) is 0.188. The van der Waals surface area contributed by atoms with Crippen LogP contribution >= 0.6 is 23.2 Å². The van der Waals surface area contributed by atoms with E-state index in [0.29, 0.717) is 10.0 Å². The summed E-state index contributed by atoms with van der Waals surface area (Å²) >= 11 is 12.7. The molecular weight excluding hydrogens is 543 g/mol. The Bertz CT molecular complexity index is 1800. The Kier molecular flexibility index (Phi) is 6.17. The molecule has 40 heavy (non-hydrogen) atoms. The van der Waals surface area contributed by atoms with E-state index >= 15 is 0 Å². The van der Waals surface area contributed by atoms with Crippen LogP contribution in [0.3, 0.4) is 0 Å². The van der Waals surface area contributed by atoms with Gasteiger partial charge in [0.05, 0.1) is 47.7 Å². The molecule has 8 heteroatoms. The third kappa shape index (κ3) is 4.19. The van der Waals surface area contributed by atoms with E-state index in [9.17, 15) is 0 Å². The summed E-state index contributed by atoms with van der Waals surface area (Å²) in [5, 5.41) is 5.66. The Morgan fingerprint density at radius 1 is 0.525 bits per heavy atom. The summed E-state index contributed by atoms with van der Waals surface area (Å²) in [5.41, 5.74) is 5.93. The average molecular weight is 569 g/mol. The Morgan fingerprint density at radius 3 is 1.35 bits per heavy atom. The van der Waals surface area contributed by atoms with Gasteiger partial charge >= 0.3 is 0 Å². The van der Waals surface area contributed by atoms with Crippen molar-refractivity contribution in [3.05, 3.63) is 82.8 Å². The third-order valence-corrected chi connectivity index (χ3v) is 8.21. The molecule has 3 heterocycles. The van der Waals surface area contributed by atoms with Gasteiger partial charge in [-0.25, -0.2) is 9.97 Å².